The summed E-state index contributed by atoms with van der Waals surface area (Å²) >= 11 is 0. The molecule has 0 saturated heterocycles. The Hall–Kier alpha value is -3.02. The van der Waals surface area contributed by atoms with Crippen LogP contribution in [0.25, 0.3) is 22.2 Å². The van der Waals surface area contributed by atoms with E-state index in [1.165, 1.54) is 4.68 Å². The van der Waals surface area contributed by atoms with E-state index in [0.29, 0.717) is 22.2 Å². The summed E-state index contributed by atoms with van der Waals surface area (Å²) in [4.78, 5) is 27.9. The molecule has 3 aromatic rings. The van der Waals surface area contributed by atoms with Gasteiger partial charge in [0.25, 0.3) is 5.56 Å². The lowest BCUT2D eigenvalue weighted by atomic mass is 10.1. The normalized spacial score (nSPS) is 11.1. The molecule has 0 unspecified atom stereocenters. The summed E-state index contributed by atoms with van der Waals surface area (Å²) in [6.45, 7) is 3.78. The Balaban J connectivity index is 2.30. The van der Waals surface area contributed by atoms with Crippen LogP contribution in [0, 0.1) is 0 Å². The molecule has 1 aromatic carbocycles. The van der Waals surface area contributed by atoms with Gasteiger partial charge < -0.3 is 5.73 Å². The fourth-order valence-corrected chi connectivity index (χ4v) is 2.44. The van der Waals surface area contributed by atoms with E-state index < -0.39 is 5.91 Å². The van der Waals surface area contributed by atoms with Crippen molar-refractivity contribution in [2.75, 3.05) is 0 Å². The molecule has 0 fully saturated rings. The molecule has 0 bridgehead atoms. The number of carbonyl (C=O) groups excluding carboxylic acids is 1. The minimum absolute atomic E-state index is 0.0856. The molecule has 0 spiro atoms. The third kappa shape index (κ3) is 2.59. The quantitative estimate of drug-likeness (QED) is 0.802. The fraction of sp³-hybridized carbons (Fsp3) is 0.176. The first-order valence-corrected chi connectivity index (χ1v) is 7.27. The Bertz CT molecular complexity index is 943. The number of nitrogens with two attached hydrogens (primary N) is 1. The van der Waals surface area contributed by atoms with Gasteiger partial charge in [0.15, 0.2) is 0 Å². The smallest absolute Gasteiger partial charge is 0.293 e. The number of primary amides is 1. The summed E-state index contributed by atoms with van der Waals surface area (Å²) in [5.74, 6) is -0.483. The molecular weight excluding hydrogens is 292 g/mol. The van der Waals surface area contributed by atoms with Gasteiger partial charge in [-0.05, 0) is 38.1 Å². The van der Waals surface area contributed by atoms with Crippen molar-refractivity contribution in [1.82, 2.24) is 14.8 Å². The molecule has 6 heteroatoms. The summed E-state index contributed by atoms with van der Waals surface area (Å²) < 4.78 is 1.42. The van der Waals surface area contributed by atoms with Crippen molar-refractivity contribution in [2.24, 2.45) is 5.73 Å². The van der Waals surface area contributed by atoms with Crippen molar-refractivity contribution in [3.8, 4) is 11.3 Å². The number of carbonyl (C=O) groups is 1. The SMILES string of the molecule is CC(C)n1nc(-c2ccc(C(N)=O)cc2)c2cccnc2c1=O. The number of nitrogens with zero attached hydrogens (tertiary/aromatic N) is 3. The molecule has 116 valence electrons. The molecule has 0 radical (unpaired) electrons. The summed E-state index contributed by atoms with van der Waals surface area (Å²) in [7, 11) is 0. The van der Waals surface area contributed by atoms with Crippen molar-refractivity contribution >= 4 is 16.8 Å². The van der Waals surface area contributed by atoms with E-state index in [1.807, 2.05) is 19.9 Å². The third-order valence-corrected chi connectivity index (χ3v) is 3.61. The average Bonchev–Trinajstić information content (AvgIpc) is 2.55. The van der Waals surface area contributed by atoms with Gasteiger partial charge in [-0.3, -0.25) is 14.6 Å². The maximum Gasteiger partial charge on any atom is 0.293 e. The van der Waals surface area contributed by atoms with E-state index in [4.69, 9.17) is 5.73 Å². The average molecular weight is 308 g/mol. The lowest BCUT2D eigenvalue weighted by Gasteiger charge is -2.13. The highest BCUT2D eigenvalue weighted by atomic mass is 16.1. The zero-order valence-corrected chi connectivity index (χ0v) is 12.9. The first-order valence-electron chi connectivity index (χ1n) is 7.27. The molecule has 6 nitrogen and oxygen atoms in total. The number of rotatable bonds is 3. The number of fused-ring (bicyclic) bond motifs is 1. The minimum Gasteiger partial charge on any atom is -0.366 e. The minimum atomic E-state index is -0.483. The largest absolute Gasteiger partial charge is 0.366 e. The van der Waals surface area contributed by atoms with Crippen molar-refractivity contribution in [3.63, 3.8) is 0 Å². The van der Waals surface area contributed by atoms with E-state index in [1.54, 1.807) is 36.5 Å². The third-order valence-electron chi connectivity index (χ3n) is 3.61. The highest BCUT2D eigenvalue weighted by molar-refractivity contribution is 5.95. The second kappa shape index (κ2) is 5.64. The Kier molecular flexibility index (Phi) is 3.65. The second-order valence-corrected chi connectivity index (χ2v) is 5.53. The van der Waals surface area contributed by atoms with Crippen LogP contribution in [0.1, 0.15) is 30.2 Å². The molecular formula is C17H16N4O2. The fourth-order valence-electron chi connectivity index (χ4n) is 2.44. The highest BCUT2D eigenvalue weighted by Gasteiger charge is 2.14. The molecule has 0 saturated carbocycles. The van der Waals surface area contributed by atoms with Crippen molar-refractivity contribution in [1.29, 1.82) is 0 Å². The molecule has 0 aliphatic rings. The lowest BCUT2D eigenvalue weighted by Crippen LogP contribution is -2.26. The molecule has 0 atom stereocenters. The molecule has 3 rings (SSSR count). The predicted octanol–water partition coefficient (Wildman–Crippen LogP) is 2.14. The maximum atomic E-state index is 12.5. The van der Waals surface area contributed by atoms with E-state index >= 15 is 0 Å². The number of aromatic nitrogens is 3. The van der Waals surface area contributed by atoms with Crippen LogP contribution in [0.4, 0.5) is 0 Å². The Morgan fingerprint density at radius 1 is 1.17 bits per heavy atom. The van der Waals surface area contributed by atoms with Gasteiger partial charge in [0.1, 0.15) is 11.2 Å². The Morgan fingerprint density at radius 3 is 2.48 bits per heavy atom. The van der Waals surface area contributed by atoms with Crippen molar-refractivity contribution in [2.45, 2.75) is 19.9 Å². The first-order chi connectivity index (χ1) is 11.0. The first kappa shape index (κ1) is 14.9. The monoisotopic (exact) mass is 308 g/mol. The van der Waals surface area contributed by atoms with Crippen LogP contribution in [0.3, 0.4) is 0 Å². The van der Waals surface area contributed by atoms with E-state index in [-0.39, 0.29) is 11.6 Å². The van der Waals surface area contributed by atoms with E-state index in [9.17, 15) is 9.59 Å². The zero-order valence-electron chi connectivity index (χ0n) is 12.9. The van der Waals surface area contributed by atoms with Crippen LogP contribution in [-0.4, -0.2) is 20.7 Å². The molecule has 0 aliphatic heterocycles. The van der Waals surface area contributed by atoms with Gasteiger partial charge in [0.05, 0.1) is 6.04 Å². The number of benzene rings is 1. The summed E-state index contributed by atoms with van der Waals surface area (Å²) in [6, 6.07) is 10.3. The number of pyridine rings is 1. The van der Waals surface area contributed by atoms with Crippen molar-refractivity contribution < 1.29 is 4.79 Å². The van der Waals surface area contributed by atoms with E-state index in [0.717, 1.165) is 5.56 Å². The van der Waals surface area contributed by atoms with Crippen LogP contribution in [0.5, 0.6) is 0 Å². The maximum absolute atomic E-state index is 12.5. The molecule has 2 aromatic heterocycles. The van der Waals surface area contributed by atoms with Gasteiger partial charge in [-0.2, -0.15) is 5.10 Å². The number of hydrogen-bond acceptors (Lipinski definition) is 4. The molecule has 1 amide bonds. The van der Waals surface area contributed by atoms with Crippen molar-refractivity contribution in [3.05, 3.63) is 58.5 Å². The number of hydrogen-bond donors (Lipinski definition) is 1. The zero-order chi connectivity index (χ0) is 16.6. The predicted molar refractivity (Wildman–Crippen MR) is 88.1 cm³/mol. The van der Waals surface area contributed by atoms with Gasteiger partial charge in [0.2, 0.25) is 5.91 Å². The molecule has 2 heterocycles. The topological polar surface area (TPSA) is 90.9 Å². The van der Waals surface area contributed by atoms with Crippen LogP contribution >= 0.6 is 0 Å². The van der Waals surface area contributed by atoms with Crippen LogP contribution < -0.4 is 11.3 Å². The molecule has 2 N–H and O–H groups in total. The van der Waals surface area contributed by atoms with Gasteiger partial charge in [-0.1, -0.05) is 12.1 Å². The van der Waals surface area contributed by atoms with Gasteiger partial charge in [-0.15, -0.1) is 0 Å². The number of amides is 1. The van der Waals surface area contributed by atoms with Crippen LogP contribution in [-0.2, 0) is 0 Å². The standard InChI is InChI=1S/C17H16N4O2/c1-10(2)21-17(23)15-13(4-3-9-19-15)14(20-21)11-5-7-12(8-6-11)16(18)22/h3-10H,1-2H3,(H2,18,22). The van der Waals surface area contributed by atoms with Gasteiger partial charge in [0, 0.05) is 22.7 Å². The van der Waals surface area contributed by atoms with Crippen LogP contribution in [0.2, 0.25) is 0 Å². The summed E-state index contributed by atoms with van der Waals surface area (Å²) in [5.41, 5.74) is 7.30. The molecule has 0 aliphatic carbocycles. The Labute approximate surface area is 132 Å². The summed E-state index contributed by atoms with van der Waals surface area (Å²) in [6.07, 6.45) is 1.59. The molecule has 23 heavy (non-hydrogen) atoms. The second-order valence-electron chi connectivity index (χ2n) is 5.53. The Morgan fingerprint density at radius 2 is 1.87 bits per heavy atom. The van der Waals surface area contributed by atoms with Crippen LogP contribution in [0.15, 0.2) is 47.4 Å². The van der Waals surface area contributed by atoms with Gasteiger partial charge >= 0.3 is 0 Å². The highest BCUT2D eigenvalue weighted by Crippen LogP contribution is 2.24. The lowest BCUT2D eigenvalue weighted by molar-refractivity contribution is 0.100. The van der Waals surface area contributed by atoms with Gasteiger partial charge in [-0.25, -0.2) is 4.68 Å². The summed E-state index contributed by atoms with van der Waals surface area (Å²) in [5, 5.41) is 5.17. The van der Waals surface area contributed by atoms with E-state index in [2.05, 4.69) is 10.1 Å².